The predicted octanol–water partition coefficient (Wildman–Crippen LogP) is 3.48. The smallest absolute Gasteiger partial charge is 0.191 e. The summed E-state index contributed by atoms with van der Waals surface area (Å²) in [5.41, 5.74) is 1.03. The maximum absolute atomic E-state index is 5.39. The summed E-state index contributed by atoms with van der Waals surface area (Å²) in [6.45, 7) is 6.11. The number of thiazole rings is 1. The Bertz CT molecular complexity index is 672. The standard InChI is InChI=1S/C16H21BrN4OS/c1-4-18-16(21-10-15-19-8-11(2)23-15)20-9-12-7-13(17)5-6-14(12)22-3/h5-8H,4,9-10H2,1-3H3,(H2,18,20,21). The largest absolute Gasteiger partial charge is 0.496 e. The fourth-order valence-corrected chi connectivity index (χ4v) is 3.15. The third-order valence-electron chi connectivity index (χ3n) is 3.07. The first-order valence-corrected chi connectivity index (χ1v) is 8.99. The molecule has 0 fully saturated rings. The quantitative estimate of drug-likeness (QED) is 0.579. The van der Waals surface area contributed by atoms with Crippen LogP contribution in [0.4, 0.5) is 0 Å². The number of guanidine groups is 1. The molecule has 0 aliphatic carbocycles. The molecule has 2 N–H and O–H groups in total. The van der Waals surface area contributed by atoms with Gasteiger partial charge in [-0.25, -0.2) is 9.98 Å². The van der Waals surface area contributed by atoms with Gasteiger partial charge in [0.05, 0.1) is 20.2 Å². The van der Waals surface area contributed by atoms with Crippen molar-refractivity contribution in [1.29, 1.82) is 0 Å². The molecule has 124 valence electrons. The number of nitrogens with zero attached hydrogens (tertiary/aromatic N) is 2. The zero-order chi connectivity index (χ0) is 16.7. The Kier molecular flexibility index (Phi) is 6.85. The third kappa shape index (κ3) is 5.51. The first-order chi connectivity index (χ1) is 11.1. The van der Waals surface area contributed by atoms with E-state index in [1.54, 1.807) is 18.4 Å². The number of aliphatic imine (C=N–C) groups is 1. The molecule has 7 heteroatoms. The summed E-state index contributed by atoms with van der Waals surface area (Å²) in [6, 6.07) is 5.92. The van der Waals surface area contributed by atoms with Gasteiger partial charge in [0.2, 0.25) is 0 Å². The Morgan fingerprint density at radius 3 is 2.87 bits per heavy atom. The second-order valence-corrected chi connectivity index (χ2v) is 7.10. The lowest BCUT2D eigenvalue weighted by molar-refractivity contribution is 0.409. The molecular formula is C16H21BrN4OS. The fourth-order valence-electron chi connectivity index (χ4n) is 2.02. The molecule has 0 bridgehead atoms. The van der Waals surface area contributed by atoms with Crippen LogP contribution in [0.2, 0.25) is 0 Å². The summed E-state index contributed by atoms with van der Waals surface area (Å²) in [6.07, 6.45) is 1.89. The highest BCUT2D eigenvalue weighted by atomic mass is 79.9. The van der Waals surface area contributed by atoms with Crippen LogP contribution < -0.4 is 15.4 Å². The van der Waals surface area contributed by atoms with Gasteiger partial charge < -0.3 is 15.4 Å². The minimum atomic E-state index is 0.537. The van der Waals surface area contributed by atoms with Gasteiger partial charge in [0.25, 0.3) is 0 Å². The fraction of sp³-hybridized carbons (Fsp3) is 0.375. The van der Waals surface area contributed by atoms with Crippen molar-refractivity contribution >= 4 is 33.2 Å². The zero-order valence-electron chi connectivity index (χ0n) is 13.5. The van der Waals surface area contributed by atoms with E-state index in [9.17, 15) is 0 Å². The minimum Gasteiger partial charge on any atom is -0.496 e. The average Bonchev–Trinajstić information content (AvgIpc) is 2.95. The number of aryl methyl sites for hydroxylation is 1. The summed E-state index contributed by atoms with van der Waals surface area (Å²) >= 11 is 5.17. The molecule has 0 aliphatic rings. The highest BCUT2D eigenvalue weighted by molar-refractivity contribution is 9.10. The highest BCUT2D eigenvalue weighted by Gasteiger charge is 2.05. The molecule has 0 unspecified atom stereocenters. The van der Waals surface area contributed by atoms with Crippen LogP contribution in [0.1, 0.15) is 22.4 Å². The van der Waals surface area contributed by atoms with Crippen LogP contribution in [0.25, 0.3) is 0 Å². The molecule has 23 heavy (non-hydrogen) atoms. The van der Waals surface area contributed by atoms with Crippen LogP contribution in [-0.4, -0.2) is 24.6 Å². The van der Waals surface area contributed by atoms with Crippen LogP contribution in [0, 0.1) is 6.92 Å². The molecule has 5 nitrogen and oxygen atoms in total. The molecule has 0 amide bonds. The summed E-state index contributed by atoms with van der Waals surface area (Å²) < 4.78 is 6.40. The molecule has 0 atom stereocenters. The lowest BCUT2D eigenvalue weighted by atomic mass is 10.2. The number of ether oxygens (including phenoxy) is 1. The molecule has 1 heterocycles. The van der Waals surface area contributed by atoms with Gasteiger partial charge >= 0.3 is 0 Å². The molecule has 2 aromatic rings. The van der Waals surface area contributed by atoms with Crippen molar-refractivity contribution in [1.82, 2.24) is 15.6 Å². The van der Waals surface area contributed by atoms with Gasteiger partial charge in [-0.1, -0.05) is 15.9 Å². The van der Waals surface area contributed by atoms with Crippen molar-refractivity contribution in [3.63, 3.8) is 0 Å². The van der Waals surface area contributed by atoms with Crippen molar-refractivity contribution in [2.75, 3.05) is 13.7 Å². The SMILES string of the molecule is CCNC(=NCc1cc(Br)ccc1OC)NCc1ncc(C)s1. The minimum absolute atomic E-state index is 0.537. The first-order valence-electron chi connectivity index (χ1n) is 7.38. The van der Waals surface area contributed by atoms with E-state index in [0.29, 0.717) is 13.1 Å². The van der Waals surface area contributed by atoms with E-state index >= 15 is 0 Å². The number of hydrogen-bond donors (Lipinski definition) is 2. The van der Waals surface area contributed by atoms with Gasteiger partial charge in [-0.3, -0.25) is 0 Å². The Morgan fingerprint density at radius 1 is 1.39 bits per heavy atom. The Morgan fingerprint density at radius 2 is 2.22 bits per heavy atom. The van der Waals surface area contributed by atoms with Crippen molar-refractivity contribution in [3.05, 3.63) is 44.3 Å². The van der Waals surface area contributed by atoms with Gasteiger partial charge in [-0.2, -0.15) is 0 Å². The van der Waals surface area contributed by atoms with Gasteiger partial charge in [-0.15, -0.1) is 11.3 Å². The molecule has 0 saturated heterocycles. The topological polar surface area (TPSA) is 58.5 Å². The molecule has 0 saturated carbocycles. The van der Waals surface area contributed by atoms with Crippen LogP contribution in [0.3, 0.4) is 0 Å². The van der Waals surface area contributed by atoms with Gasteiger partial charge in [0.15, 0.2) is 5.96 Å². The van der Waals surface area contributed by atoms with Crippen LogP contribution in [0.5, 0.6) is 5.75 Å². The number of halogens is 1. The van der Waals surface area contributed by atoms with E-state index < -0.39 is 0 Å². The molecule has 1 aromatic carbocycles. The number of nitrogens with one attached hydrogen (secondary N) is 2. The van der Waals surface area contributed by atoms with Gasteiger partial charge in [-0.05, 0) is 32.0 Å². The first kappa shape index (κ1) is 17.7. The van der Waals surface area contributed by atoms with E-state index in [2.05, 4.69) is 43.5 Å². The number of hydrogen-bond acceptors (Lipinski definition) is 4. The van der Waals surface area contributed by atoms with E-state index in [0.717, 1.165) is 33.3 Å². The van der Waals surface area contributed by atoms with Gasteiger partial charge in [0, 0.05) is 27.7 Å². The second-order valence-electron chi connectivity index (χ2n) is 4.87. The number of rotatable bonds is 6. The second kappa shape index (κ2) is 8.88. The third-order valence-corrected chi connectivity index (χ3v) is 4.48. The Balaban J connectivity index is 2.04. The normalized spacial score (nSPS) is 11.4. The van der Waals surface area contributed by atoms with Crippen molar-refractivity contribution in [3.8, 4) is 5.75 Å². The van der Waals surface area contributed by atoms with E-state index in [1.165, 1.54) is 4.88 Å². The molecule has 0 radical (unpaired) electrons. The number of benzene rings is 1. The lowest BCUT2D eigenvalue weighted by Crippen LogP contribution is -2.36. The van der Waals surface area contributed by atoms with Crippen LogP contribution in [-0.2, 0) is 13.1 Å². The van der Waals surface area contributed by atoms with Crippen LogP contribution >= 0.6 is 27.3 Å². The molecular weight excluding hydrogens is 376 g/mol. The van der Waals surface area contributed by atoms with Gasteiger partial charge in [0.1, 0.15) is 10.8 Å². The van der Waals surface area contributed by atoms with E-state index in [-0.39, 0.29) is 0 Å². The zero-order valence-corrected chi connectivity index (χ0v) is 15.9. The van der Waals surface area contributed by atoms with Crippen molar-refractivity contribution < 1.29 is 4.74 Å². The highest BCUT2D eigenvalue weighted by Crippen LogP contribution is 2.23. The summed E-state index contributed by atoms with van der Waals surface area (Å²) in [7, 11) is 1.67. The Labute approximate surface area is 149 Å². The Hall–Kier alpha value is -1.60. The molecule has 0 spiro atoms. The van der Waals surface area contributed by atoms with Crippen molar-refractivity contribution in [2.45, 2.75) is 26.9 Å². The predicted molar refractivity (Wildman–Crippen MR) is 99.2 cm³/mol. The lowest BCUT2D eigenvalue weighted by Gasteiger charge is -2.11. The maximum atomic E-state index is 5.39. The monoisotopic (exact) mass is 396 g/mol. The van der Waals surface area contributed by atoms with Crippen LogP contribution in [0.15, 0.2) is 33.9 Å². The van der Waals surface area contributed by atoms with E-state index in [4.69, 9.17) is 4.74 Å². The van der Waals surface area contributed by atoms with E-state index in [1.807, 2.05) is 31.3 Å². The molecule has 2 rings (SSSR count). The maximum Gasteiger partial charge on any atom is 0.191 e. The molecule has 0 aliphatic heterocycles. The molecule has 1 aromatic heterocycles. The number of methoxy groups -OCH3 is 1. The summed E-state index contributed by atoms with van der Waals surface area (Å²) in [5.74, 6) is 1.60. The summed E-state index contributed by atoms with van der Waals surface area (Å²) in [4.78, 5) is 10.2. The summed E-state index contributed by atoms with van der Waals surface area (Å²) in [5, 5.41) is 7.60. The van der Waals surface area contributed by atoms with Crippen molar-refractivity contribution in [2.24, 2.45) is 4.99 Å². The average molecular weight is 397 g/mol. The number of aromatic nitrogens is 1.